The van der Waals surface area contributed by atoms with Crippen molar-refractivity contribution in [3.05, 3.63) is 42.7 Å². The van der Waals surface area contributed by atoms with E-state index in [-0.39, 0.29) is 5.91 Å². The molecular weight excluding hydrogens is 238 g/mol. The second-order valence-electron chi connectivity index (χ2n) is 4.99. The van der Waals surface area contributed by atoms with Gasteiger partial charge in [-0.15, -0.1) is 6.58 Å². The Balaban J connectivity index is 1.66. The molecule has 1 aromatic heterocycles. The van der Waals surface area contributed by atoms with Crippen LogP contribution in [0.25, 0.3) is 11.0 Å². The highest BCUT2D eigenvalue weighted by Crippen LogP contribution is 2.19. The number of aromatic amines is 1. The number of H-pyrrole nitrogens is 1. The summed E-state index contributed by atoms with van der Waals surface area (Å²) in [5.41, 5.74) is 2.03. The quantitative estimate of drug-likeness (QED) is 0.851. The van der Waals surface area contributed by atoms with E-state index < -0.39 is 0 Å². The molecule has 19 heavy (non-hydrogen) atoms. The predicted octanol–water partition coefficient (Wildman–Crippen LogP) is 2.14. The summed E-state index contributed by atoms with van der Waals surface area (Å²) in [6.07, 6.45) is 3.24. The van der Waals surface area contributed by atoms with Crippen molar-refractivity contribution in [3.63, 3.8) is 0 Å². The van der Waals surface area contributed by atoms with Gasteiger partial charge < -0.3 is 9.88 Å². The van der Waals surface area contributed by atoms with Crippen LogP contribution in [0.15, 0.2) is 36.9 Å². The number of amides is 1. The molecule has 4 heteroatoms. The molecule has 98 valence electrons. The fourth-order valence-electron chi connectivity index (χ4n) is 2.54. The van der Waals surface area contributed by atoms with Crippen molar-refractivity contribution in [2.45, 2.75) is 12.8 Å². The lowest BCUT2D eigenvalue weighted by molar-refractivity contribution is -0.127. The Bertz CT molecular complexity index is 584. The van der Waals surface area contributed by atoms with E-state index >= 15 is 0 Å². The maximum Gasteiger partial charge on any atom is 0.223 e. The monoisotopic (exact) mass is 255 g/mol. The minimum atomic E-state index is 0.223. The number of hydrogen-bond acceptors (Lipinski definition) is 2. The standard InChI is InChI=1S/C15H17N3O/c1-2-11-9-15(19)18(10-11)8-7-14-16-12-5-3-4-6-13(12)17-14/h2-6,11H,1,7-10H2,(H,16,17). The van der Waals surface area contributed by atoms with E-state index in [0.29, 0.717) is 12.3 Å². The van der Waals surface area contributed by atoms with Gasteiger partial charge in [0.1, 0.15) is 5.82 Å². The fourth-order valence-corrected chi connectivity index (χ4v) is 2.54. The molecule has 0 radical (unpaired) electrons. The molecule has 1 saturated heterocycles. The second-order valence-corrected chi connectivity index (χ2v) is 4.99. The van der Waals surface area contributed by atoms with Gasteiger partial charge in [-0.3, -0.25) is 4.79 Å². The molecule has 0 saturated carbocycles. The first kappa shape index (κ1) is 12.0. The Hall–Kier alpha value is -2.10. The number of benzene rings is 1. The van der Waals surface area contributed by atoms with E-state index in [4.69, 9.17) is 0 Å². The van der Waals surface area contributed by atoms with Crippen molar-refractivity contribution in [3.8, 4) is 0 Å². The average molecular weight is 255 g/mol. The summed E-state index contributed by atoms with van der Waals surface area (Å²) in [4.78, 5) is 21.5. The summed E-state index contributed by atoms with van der Waals surface area (Å²) in [7, 11) is 0. The lowest BCUT2D eigenvalue weighted by Crippen LogP contribution is -2.27. The SMILES string of the molecule is C=CC1CC(=O)N(CCc2nc3ccccc3[nH]2)C1. The molecule has 1 aliphatic heterocycles. The third-order valence-electron chi connectivity index (χ3n) is 3.63. The van der Waals surface area contributed by atoms with E-state index in [0.717, 1.165) is 36.4 Å². The first-order chi connectivity index (χ1) is 9.26. The van der Waals surface area contributed by atoms with Crippen LogP contribution in [0.1, 0.15) is 12.2 Å². The number of para-hydroxylation sites is 2. The summed E-state index contributed by atoms with van der Waals surface area (Å²) in [6.45, 7) is 5.28. The zero-order valence-corrected chi connectivity index (χ0v) is 10.8. The van der Waals surface area contributed by atoms with Gasteiger partial charge in [-0.1, -0.05) is 18.2 Å². The number of aromatic nitrogens is 2. The smallest absolute Gasteiger partial charge is 0.223 e. The normalized spacial score (nSPS) is 19.3. The lowest BCUT2D eigenvalue weighted by atomic mass is 10.1. The number of carbonyl (C=O) groups is 1. The predicted molar refractivity (Wildman–Crippen MR) is 74.7 cm³/mol. The van der Waals surface area contributed by atoms with Crippen LogP contribution in [0.3, 0.4) is 0 Å². The number of fused-ring (bicyclic) bond motifs is 1. The van der Waals surface area contributed by atoms with Gasteiger partial charge >= 0.3 is 0 Å². The third-order valence-corrected chi connectivity index (χ3v) is 3.63. The minimum Gasteiger partial charge on any atom is -0.342 e. The number of imidazole rings is 1. The Kier molecular flexibility index (Phi) is 3.07. The molecule has 1 unspecified atom stereocenters. The van der Waals surface area contributed by atoms with Gasteiger partial charge in [-0.05, 0) is 12.1 Å². The molecular formula is C15H17N3O. The van der Waals surface area contributed by atoms with Crippen molar-refractivity contribution in [1.29, 1.82) is 0 Å². The van der Waals surface area contributed by atoms with Crippen molar-refractivity contribution in [1.82, 2.24) is 14.9 Å². The molecule has 1 aromatic carbocycles. The summed E-state index contributed by atoms with van der Waals surface area (Å²) in [6, 6.07) is 7.97. The number of nitrogens with zero attached hydrogens (tertiary/aromatic N) is 2. The van der Waals surface area contributed by atoms with Crippen LogP contribution >= 0.6 is 0 Å². The molecule has 0 bridgehead atoms. The molecule has 1 amide bonds. The Morgan fingerprint density at radius 3 is 3.05 bits per heavy atom. The van der Waals surface area contributed by atoms with Gasteiger partial charge in [0.15, 0.2) is 0 Å². The fraction of sp³-hybridized carbons (Fsp3) is 0.333. The third kappa shape index (κ3) is 2.38. The van der Waals surface area contributed by atoms with Crippen LogP contribution in [0, 0.1) is 5.92 Å². The number of likely N-dealkylation sites (tertiary alicyclic amines) is 1. The van der Waals surface area contributed by atoms with Crippen LogP contribution in [0.2, 0.25) is 0 Å². The van der Waals surface area contributed by atoms with Gasteiger partial charge in [-0.25, -0.2) is 4.98 Å². The zero-order valence-electron chi connectivity index (χ0n) is 10.8. The molecule has 0 spiro atoms. The van der Waals surface area contributed by atoms with E-state index in [9.17, 15) is 4.79 Å². The van der Waals surface area contributed by atoms with Crippen molar-refractivity contribution < 1.29 is 4.79 Å². The summed E-state index contributed by atoms with van der Waals surface area (Å²) < 4.78 is 0. The van der Waals surface area contributed by atoms with E-state index in [2.05, 4.69) is 16.5 Å². The largest absolute Gasteiger partial charge is 0.342 e. The molecule has 4 nitrogen and oxygen atoms in total. The first-order valence-corrected chi connectivity index (χ1v) is 6.60. The molecule has 2 heterocycles. The van der Waals surface area contributed by atoms with Crippen LogP contribution in [-0.2, 0) is 11.2 Å². The van der Waals surface area contributed by atoms with E-state index in [1.807, 2.05) is 35.2 Å². The Labute approximate surface area is 112 Å². The number of hydrogen-bond donors (Lipinski definition) is 1. The molecule has 3 rings (SSSR count). The van der Waals surface area contributed by atoms with Gasteiger partial charge in [0.25, 0.3) is 0 Å². The molecule has 0 aliphatic carbocycles. The van der Waals surface area contributed by atoms with Crippen LogP contribution in [0.4, 0.5) is 0 Å². The molecule has 2 aromatic rings. The van der Waals surface area contributed by atoms with Gasteiger partial charge in [0.2, 0.25) is 5.91 Å². The van der Waals surface area contributed by atoms with Crippen molar-refractivity contribution >= 4 is 16.9 Å². The highest BCUT2D eigenvalue weighted by atomic mass is 16.2. The second kappa shape index (κ2) is 4.88. The minimum absolute atomic E-state index is 0.223. The average Bonchev–Trinajstić information content (AvgIpc) is 2.99. The lowest BCUT2D eigenvalue weighted by Gasteiger charge is -2.14. The molecule has 1 atom stereocenters. The van der Waals surface area contributed by atoms with Gasteiger partial charge in [0, 0.05) is 31.8 Å². The van der Waals surface area contributed by atoms with E-state index in [1.165, 1.54) is 0 Å². The Morgan fingerprint density at radius 2 is 2.32 bits per heavy atom. The highest BCUT2D eigenvalue weighted by molar-refractivity contribution is 5.79. The van der Waals surface area contributed by atoms with Crippen molar-refractivity contribution in [2.75, 3.05) is 13.1 Å². The molecule has 1 aliphatic rings. The summed E-state index contributed by atoms with van der Waals surface area (Å²) >= 11 is 0. The first-order valence-electron chi connectivity index (χ1n) is 6.60. The Morgan fingerprint density at radius 1 is 1.47 bits per heavy atom. The van der Waals surface area contributed by atoms with Crippen molar-refractivity contribution in [2.24, 2.45) is 5.92 Å². The van der Waals surface area contributed by atoms with Gasteiger partial charge in [-0.2, -0.15) is 0 Å². The number of nitrogens with one attached hydrogen (secondary N) is 1. The van der Waals surface area contributed by atoms with Crippen LogP contribution < -0.4 is 0 Å². The number of rotatable bonds is 4. The van der Waals surface area contributed by atoms with Crippen LogP contribution in [0.5, 0.6) is 0 Å². The van der Waals surface area contributed by atoms with Crippen LogP contribution in [-0.4, -0.2) is 33.9 Å². The zero-order chi connectivity index (χ0) is 13.2. The topological polar surface area (TPSA) is 49.0 Å². The molecule has 1 N–H and O–H groups in total. The maximum absolute atomic E-state index is 11.8. The summed E-state index contributed by atoms with van der Waals surface area (Å²) in [5, 5.41) is 0. The number of carbonyl (C=O) groups excluding carboxylic acids is 1. The highest BCUT2D eigenvalue weighted by Gasteiger charge is 2.27. The molecule has 1 fully saturated rings. The summed E-state index contributed by atoms with van der Waals surface area (Å²) in [5.74, 6) is 1.47. The van der Waals surface area contributed by atoms with Gasteiger partial charge in [0.05, 0.1) is 11.0 Å². The maximum atomic E-state index is 11.8. The van der Waals surface area contributed by atoms with E-state index in [1.54, 1.807) is 0 Å².